The third-order valence-electron chi connectivity index (χ3n) is 6.64. The molecule has 1 atom stereocenters. The normalized spacial score (nSPS) is 18.3. The van der Waals surface area contributed by atoms with Gasteiger partial charge in [0, 0.05) is 19.4 Å². The van der Waals surface area contributed by atoms with Crippen LogP contribution >= 0.6 is 0 Å². The largest absolute Gasteiger partial charge is 0.497 e. The van der Waals surface area contributed by atoms with E-state index in [0.717, 1.165) is 29.0 Å². The van der Waals surface area contributed by atoms with Crippen molar-refractivity contribution in [1.82, 2.24) is 4.90 Å². The van der Waals surface area contributed by atoms with Gasteiger partial charge in [-0.15, -0.1) is 0 Å². The lowest BCUT2D eigenvalue weighted by Gasteiger charge is -2.26. The smallest absolute Gasteiger partial charge is 0.223 e. The standard InChI is InChI=1S/C27H34N2O3/c1-20-10-13-23(14-11-20)26-17-25(32-28-26)19-29(18-22-8-5-9-24(16-22)31-2)27(30)15-12-21-6-3-4-7-21/h5,8-11,13-14,16,21,25H,3-4,6-7,12,15,17-19H2,1-2H3. The van der Waals surface area contributed by atoms with E-state index in [0.29, 0.717) is 31.8 Å². The predicted molar refractivity (Wildman–Crippen MR) is 127 cm³/mol. The molecule has 2 aliphatic rings. The van der Waals surface area contributed by atoms with Gasteiger partial charge >= 0.3 is 0 Å². The van der Waals surface area contributed by atoms with E-state index in [1.54, 1.807) is 7.11 Å². The number of amides is 1. The van der Waals surface area contributed by atoms with Gasteiger partial charge in [-0.2, -0.15) is 0 Å². The van der Waals surface area contributed by atoms with Crippen LogP contribution < -0.4 is 4.74 Å². The van der Waals surface area contributed by atoms with Gasteiger partial charge in [0.25, 0.3) is 0 Å². The van der Waals surface area contributed by atoms with Gasteiger partial charge in [0.05, 0.1) is 19.4 Å². The number of carbonyl (C=O) groups excluding carboxylic acids is 1. The summed E-state index contributed by atoms with van der Waals surface area (Å²) in [5, 5.41) is 4.33. The molecule has 1 aliphatic carbocycles. The first-order valence-corrected chi connectivity index (χ1v) is 11.8. The molecule has 0 bridgehead atoms. The van der Waals surface area contributed by atoms with E-state index in [4.69, 9.17) is 9.57 Å². The Bertz CT molecular complexity index is 932. The molecule has 5 nitrogen and oxygen atoms in total. The zero-order chi connectivity index (χ0) is 22.3. The first-order valence-electron chi connectivity index (χ1n) is 11.8. The lowest BCUT2D eigenvalue weighted by molar-refractivity contribution is -0.134. The minimum absolute atomic E-state index is 0.118. The fourth-order valence-electron chi connectivity index (χ4n) is 4.72. The van der Waals surface area contributed by atoms with Gasteiger partial charge in [-0.3, -0.25) is 4.79 Å². The van der Waals surface area contributed by atoms with Crippen molar-refractivity contribution in [2.45, 2.75) is 64.5 Å². The number of aryl methyl sites for hydroxylation is 1. The van der Waals surface area contributed by atoms with E-state index in [1.807, 2.05) is 29.2 Å². The highest BCUT2D eigenvalue weighted by atomic mass is 16.6. The van der Waals surface area contributed by atoms with E-state index in [9.17, 15) is 4.79 Å². The third kappa shape index (κ3) is 5.90. The lowest BCUT2D eigenvalue weighted by Crippen LogP contribution is -2.37. The van der Waals surface area contributed by atoms with Crippen LogP contribution in [0.3, 0.4) is 0 Å². The molecule has 5 heteroatoms. The van der Waals surface area contributed by atoms with Crippen LogP contribution in [0.5, 0.6) is 5.75 Å². The molecule has 1 saturated carbocycles. The van der Waals surface area contributed by atoms with Crippen LogP contribution in [-0.4, -0.2) is 36.3 Å². The first kappa shape index (κ1) is 22.4. The molecule has 0 radical (unpaired) electrons. The van der Waals surface area contributed by atoms with Crippen LogP contribution in [0.2, 0.25) is 0 Å². The van der Waals surface area contributed by atoms with Gasteiger partial charge < -0.3 is 14.5 Å². The highest BCUT2D eigenvalue weighted by Gasteiger charge is 2.27. The Hall–Kier alpha value is -2.82. The van der Waals surface area contributed by atoms with Gasteiger partial charge in [-0.1, -0.05) is 72.8 Å². The van der Waals surface area contributed by atoms with Crippen molar-refractivity contribution in [3.05, 3.63) is 65.2 Å². The van der Waals surface area contributed by atoms with Crippen LogP contribution in [0.25, 0.3) is 0 Å². The van der Waals surface area contributed by atoms with Gasteiger partial charge in [0.1, 0.15) is 5.75 Å². The fraction of sp³-hybridized carbons (Fsp3) is 0.481. The molecule has 0 aromatic heterocycles. The Morgan fingerprint density at radius 2 is 1.94 bits per heavy atom. The highest BCUT2D eigenvalue weighted by Crippen LogP contribution is 2.29. The Morgan fingerprint density at radius 3 is 2.69 bits per heavy atom. The number of benzene rings is 2. The third-order valence-corrected chi connectivity index (χ3v) is 6.64. The molecular weight excluding hydrogens is 400 g/mol. The van der Waals surface area contributed by atoms with Crippen LogP contribution in [0, 0.1) is 12.8 Å². The lowest BCUT2D eigenvalue weighted by atomic mass is 10.0. The average molecular weight is 435 g/mol. The van der Waals surface area contributed by atoms with Crippen LogP contribution in [-0.2, 0) is 16.2 Å². The van der Waals surface area contributed by atoms with E-state index in [2.05, 4.69) is 36.3 Å². The zero-order valence-electron chi connectivity index (χ0n) is 19.3. The monoisotopic (exact) mass is 434 g/mol. The molecule has 2 aromatic rings. The Morgan fingerprint density at radius 1 is 1.16 bits per heavy atom. The number of ether oxygens (including phenoxy) is 1. The second kappa shape index (κ2) is 10.7. The molecule has 170 valence electrons. The van der Waals surface area contributed by atoms with E-state index in [1.165, 1.54) is 31.2 Å². The van der Waals surface area contributed by atoms with E-state index in [-0.39, 0.29) is 12.0 Å². The van der Waals surface area contributed by atoms with Crippen molar-refractivity contribution >= 4 is 11.6 Å². The van der Waals surface area contributed by atoms with Crippen molar-refractivity contribution in [3.8, 4) is 5.75 Å². The summed E-state index contributed by atoms with van der Waals surface area (Å²) in [7, 11) is 1.67. The second-order valence-electron chi connectivity index (χ2n) is 9.15. The Kier molecular flexibility index (Phi) is 7.46. The number of rotatable bonds is 9. The van der Waals surface area contributed by atoms with Crippen molar-refractivity contribution in [2.75, 3.05) is 13.7 Å². The Labute approximate surface area is 191 Å². The molecular formula is C27H34N2O3. The van der Waals surface area contributed by atoms with Crippen molar-refractivity contribution in [3.63, 3.8) is 0 Å². The summed E-state index contributed by atoms with van der Waals surface area (Å²) in [6.45, 7) is 3.17. The number of nitrogens with zero attached hydrogens (tertiary/aromatic N) is 2. The topological polar surface area (TPSA) is 51.1 Å². The SMILES string of the molecule is COc1cccc(CN(CC2CC(c3ccc(C)cc3)=NO2)C(=O)CCC2CCCC2)c1. The van der Waals surface area contributed by atoms with Crippen LogP contribution in [0.1, 0.15) is 61.6 Å². The minimum Gasteiger partial charge on any atom is -0.497 e. The number of hydrogen-bond acceptors (Lipinski definition) is 4. The minimum atomic E-state index is -0.118. The summed E-state index contributed by atoms with van der Waals surface area (Å²) in [5.74, 6) is 1.71. The summed E-state index contributed by atoms with van der Waals surface area (Å²) in [4.78, 5) is 20.9. The fourth-order valence-corrected chi connectivity index (χ4v) is 4.72. The number of oxime groups is 1. The first-order chi connectivity index (χ1) is 15.6. The molecule has 1 fully saturated rings. The summed E-state index contributed by atoms with van der Waals surface area (Å²) in [6.07, 6.45) is 7.34. The summed E-state index contributed by atoms with van der Waals surface area (Å²) < 4.78 is 5.37. The number of carbonyl (C=O) groups is 1. The van der Waals surface area contributed by atoms with Gasteiger partial charge in [-0.05, 0) is 42.5 Å². The van der Waals surface area contributed by atoms with Crippen molar-refractivity contribution in [1.29, 1.82) is 0 Å². The molecule has 0 saturated heterocycles. The quantitative estimate of drug-likeness (QED) is 0.524. The number of hydrogen-bond donors (Lipinski definition) is 0. The molecule has 0 N–H and O–H groups in total. The maximum absolute atomic E-state index is 13.2. The summed E-state index contributed by atoms with van der Waals surface area (Å²) >= 11 is 0. The number of methoxy groups -OCH3 is 1. The molecule has 0 spiro atoms. The van der Waals surface area contributed by atoms with Gasteiger partial charge in [-0.25, -0.2) is 0 Å². The predicted octanol–water partition coefficient (Wildman–Crippen LogP) is 5.50. The molecule has 4 rings (SSSR count). The van der Waals surface area contributed by atoms with E-state index >= 15 is 0 Å². The summed E-state index contributed by atoms with van der Waals surface area (Å²) in [5.41, 5.74) is 4.33. The molecule has 1 unspecified atom stereocenters. The van der Waals surface area contributed by atoms with Crippen molar-refractivity contribution in [2.24, 2.45) is 11.1 Å². The molecule has 2 aromatic carbocycles. The van der Waals surface area contributed by atoms with Gasteiger partial charge in [0.15, 0.2) is 6.10 Å². The maximum atomic E-state index is 13.2. The second-order valence-corrected chi connectivity index (χ2v) is 9.15. The van der Waals surface area contributed by atoms with E-state index < -0.39 is 0 Å². The molecule has 1 amide bonds. The van der Waals surface area contributed by atoms with Crippen molar-refractivity contribution < 1.29 is 14.4 Å². The van der Waals surface area contributed by atoms with Gasteiger partial charge in [0.2, 0.25) is 5.91 Å². The maximum Gasteiger partial charge on any atom is 0.223 e. The zero-order valence-corrected chi connectivity index (χ0v) is 19.3. The van der Waals surface area contributed by atoms with Crippen LogP contribution in [0.4, 0.5) is 0 Å². The molecule has 1 heterocycles. The molecule has 32 heavy (non-hydrogen) atoms. The van der Waals surface area contributed by atoms with Crippen LogP contribution in [0.15, 0.2) is 53.7 Å². The highest BCUT2D eigenvalue weighted by molar-refractivity contribution is 6.01. The Balaban J connectivity index is 1.41. The average Bonchev–Trinajstić information content (AvgIpc) is 3.50. The molecule has 1 aliphatic heterocycles. The summed E-state index contributed by atoms with van der Waals surface area (Å²) in [6, 6.07) is 16.3.